The zero-order chi connectivity index (χ0) is 18.0. The van der Waals surface area contributed by atoms with Gasteiger partial charge in [-0.3, -0.25) is 4.79 Å². The number of amides is 1. The summed E-state index contributed by atoms with van der Waals surface area (Å²) in [7, 11) is 1.63. The third kappa shape index (κ3) is 3.55. The molecule has 1 amide bonds. The Morgan fingerprint density at radius 1 is 1.28 bits per heavy atom. The molecule has 0 bridgehead atoms. The number of aromatic nitrogens is 1. The van der Waals surface area contributed by atoms with Crippen molar-refractivity contribution in [3.63, 3.8) is 0 Å². The van der Waals surface area contributed by atoms with Gasteiger partial charge in [-0.25, -0.2) is 4.39 Å². The number of carbonyl (C=O) groups is 1. The average molecular weight is 358 g/mol. The van der Waals surface area contributed by atoms with E-state index in [9.17, 15) is 9.18 Å². The fourth-order valence-corrected chi connectivity index (χ4v) is 4.08. The molecule has 0 radical (unpaired) electrons. The highest BCUT2D eigenvalue weighted by atomic mass is 32.1. The van der Waals surface area contributed by atoms with Gasteiger partial charge in [0.1, 0.15) is 5.82 Å². The topological polar surface area (TPSA) is 43.6 Å². The number of nitrogens with zero attached hydrogens (tertiary/aromatic N) is 2. The number of ether oxygens (including phenoxy) is 1. The third-order valence-electron chi connectivity index (χ3n) is 3.93. The van der Waals surface area contributed by atoms with Crippen LogP contribution in [0.5, 0.6) is 0 Å². The molecule has 2 aromatic carbocycles. The Labute approximate surface area is 149 Å². The minimum absolute atomic E-state index is 0.0221. The standard InChI is InChI=1S/C19H19FN2O2S/c1-12-10-13(2)17-16(11-12)25-19(22(17)8-9-24-3)21-18(23)14-6-4-5-7-15(14)20/h4-7,10-11H,8-9H2,1-3H3. The van der Waals surface area contributed by atoms with Crippen molar-refractivity contribution < 1.29 is 13.9 Å². The van der Waals surface area contributed by atoms with Crippen LogP contribution in [0, 0.1) is 19.7 Å². The van der Waals surface area contributed by atoms with E-state index in [-0.39, 0.29) is 5.56 Å². The van der Waals surface area contributed by atoms with Gasteiger partial charge in [-0.15, -0.1) is 0 Å². The lowest BCUT2D eigenvalue weighted by Gasteiger charge is -2.07. The van der Waals surface area contributed by atoms with Gasteiger partial charge in [0, 0.05) is 13.7 Å². The van der Waals surface area contributed by atoms with Crippen LogP contribution in [0.4, 0.5) is 4.39 Å². The first-order chi connectivity index (χ1) is 12.0. The van der Waals surface area contributed by atoms with E-state index >= 15 is 0 Å². The van der Waals surface area contributed by atoms with E-state index in [1.807, 2.05) is 18.4 Å². The Morgan fingerprint density at radius 2 is 2.04 bits per heavy atom. The lowest BCUT2D eigenvalue weighted by molar-refractivity contribution is 0.0993. The number of hydrogen-bond donors (Lipinski definition) is 0. The van der Waals surface area contributed by atoms with Crippen molar-refractivity contribution in [1.82, 2.24) is 4.57 Å². The lowest BCUT2D eigenvalue weighted by atomic mass is 10.1. The number of fused-ring (bicyclic) bond motifs is 1. The van der Waals surface area contributed by atoms with Gasteiger partial charge >= 0.3 is 0 Å². The second kappa shape index (κ2) is 7.29. The zero-order valence-electron chi connectivity index (χ0n) is 14.4. The van der Waals surface area contributed by atoms with E-state index in [2.05, 4.69) is 17.1 Å². The number of methoxy groups -OCH3 is 1. The van der Waals surface area contributed by atoms with Gasteiger partial charge in [-0.2, -0.15) is 4.99 Å². The van der Waals surface area contributed by atoms with Crippen LogP contribution in [0.25, 0.3) is 10.2 Å². The number of carbonyl (C=O) groups excluding carboxylic acids is 1. The summed E-state index contributed by atoms with van der Waals surface area (Å²) in [6.07, 6.45) is 0. The van der Waals surface area contributed by atoms with Crippen LogP contribution < -0.4 is 4.80 Å². The SMILES string of the molecule is COCCn1c(=NC(=O)c2ccccc2F)sc2cc(C)cc(C)c21. The summed E-state index contributed by atoms with van der Waals surface area (Å²) in [5.74, 6) is -1.14. The summed E-state index contributed by atoms with van der Waals surface area (Å²) >= 11 is 1.43. The number of thiazole rings is 1. The van der Waals surface area contributed by atoms with Gasteiger partial charge in [0.15, 0.2) is 4.80 Å². The van der Waals surface area contributed by atoms with E-state index < -0.39 is 11.7 Å². The molecule has 0 atom stereocenters. The van der Waals surface area contributed by atoms with Gasteiger partial charge in [0.2, 0.25) is 0 Å². The summed E-state index contributed by atoms with van der Waals surface area (Å²) in [6, 6.07) is 10.1. The van der Waals surface area contributed by atoms with Gasteiger partial charge in [0.25, 0.3) is 5.91 Å². The second-order valence-corrected chi connectivity index (χ2v) is 6.86. The molecule has 6 heteroatoms. The van der Waals surface area contributed by atoms with Crippen LogP contribution in [0.3, 0.4) is 0 Å². The first kappa shape index (κ1) is 17.5. The predicted molar refractivity (Wildman–Crippen MR) is 97.5 cm³/mol. The van der Waals surface area contributed by atoms with Crippen LogP contribution in [0.15, 0.2) is 41.4 Å². The summed E-state index contributed by atoms with van der Waals surface area (Å²) in [4.78, 5) is 17.2. The molecule has 0 unspecified atom stereocenters. The molecule has 0 N–H and O–H groups in total. The maximum absolute atomic E-state index is 13.9. The maximum Gasteiger partial charge on any atom is 0.282 e. The summed E-state index contributed by atoms with van der Waals surface area (Å²) in [6.45, 7) is 5.14. The second-order valence-electron chi connectivity index (χ2n) is 5.85. The van der Waals surface area contributed by atoms with E-state index in [0.29, 0.717) is 18.0 Å². The van der Waals surface area contributed by atoms with Crippen LogP contribution in [0.1, 0.15) is 21.5 Å². The Morgan fingerprint density at radius 3 is 2.76 bits per heavy atom. The molecule has 0 aliphatic heterocycles. The number of aryl methyl sites for hydroxylation is 2. The number of rotatable bonds is 4. The van der Waals surface area contributed by atoms with Crippen LogP contribution in [-0.2, 0) is 11.3 Å². The van der Waals surface area contributed by atoms with Gasteiger partial charge in [-0.1, -0.05) is 29.5 Å². The van der Waals surface area contributed by atoms with Crippen molar-refractivity contribution in [1.29, 1.82) is 0 Å². The molecule has 1 heterocycles. The van der Waals surface area contributed by atoms with Crippen molar-refractivity contribution in [2.24, 2.45) is 4.99 Å². The van der Waals surface area contributed by atoms with Crippen molar-refractivity contribution in [2.45, 2.75) is 20.4 Å². The molecule has 0 fully saturated rings. The summed E-state index contributed by atoms with van der Waals surface area (Å²) in [5, 5.41) is 0. The number of hydrogen-bond acceptors (Lipinski definition) is 3. The summed E-state index contributed by atoms with van der Waals surface area (Å²) < 4.78 is 22.1. The molecule has 0 aliphatic carbocycles. The highest BCUT2D eigenvalue weighted by Gasteiger charge is 2.13. The fraction of sp³-hybridized carbons (Fsp3) is 0.263. The quantitative estimate of drug-likeness (QED) is 0.711. The van der Waals surface area contributed by atoms with Crippen LogP contribution >= 0.6 is 11.3 Å². The Balaban J connectivity index is 2.19. The molecule has 0 spiro atoms. The molecular weight excluding hydrogens is 339 g/mol. The molecule has 0 saturated heterocycles. The molecule has 4 nitrogen and oxygen atoms in total. The molecule has 130 valence electrons. The van der Waals surface area contributed by atoms with E-state index in [1.54, 1.807) is 19.2 Å². The smallest absolute Gasteiger partial charge is 0.282 e. The minimum Gasteiger partial charge on any atom is -0.383 e. The Bertz CT molecular complexity index is 1000. The lowest BCUT2D eigenvalue weighted by Crippen LogP contribution is -2.20. The maximum atomic E-state index is 13.9. The van der Waals surface area contributed by atoms with E-state index in [4.69, 9.17) is 4.74 Å². The molecule has 0 aliphatic rings. The minimum atomic E-state index is -0.579. The molecule has 3 aromatic rings. The zero-order valence-corrected chi connectivity index (χ0v) is 15.2. The van der Waals surface area contributed by atoms with E-state index in [0.717, 1.165) is 21.3 Å². The molecule has 0 saturated carbocycles. The predicted octanol–water partition coefficient (Wildman–Crippen LogP) is 3.85. The summed E-state index contributed by atoms with van der Waals surface area (Å²) in [5.41, 5.74) is 3.28. The van der Waals surface area contributed by atoms with Crippen molar-refractivity contribution in [3.05, 3.63) is 63.7 Å². The number of benzene rings is 2. The average Bonchev–Trinajstić information content (AvgIpc) is 2.90. The monoisotopic (exact) mass is 358 g/mol. The first-order valence-electron chi connectivity index (χ1n) is 7.94. The molecule has 3 rings (SSSR count). The Kier molecular flexibility index (Phi) is 5.11. The third-order valence-corrected chi connectivity index (χ3v) is 4.96. The van der Waals surface area contributed by atoms with Gasteiger partial charge < -0.3 is 9.30 Å². The van der Waals surface area contributed by atoms with Gasteiger partial charge in [-0.05, 0) is 43.2 Å². The highest BCUT2D eigenvalue weighted by molar-refractivity contribution is 7.16. The fourth-order valence-electron chi connectivity index (χ4n) is 2.85. The van der Waals surface area contributed by atoms with Crippen molar-refractivity contribution in [2.75, 3.05) is 13.7 Å². The highest BCUT2D eigenvalue weighted by Crippen LogP contribution is 2.23. The van der Waals surface area contributed by atoms with Crippen molar-refractivity contribution >= 4 is 27.5 Å². The molecule has 1 aromatic heterocycles. The van der Waals surface area contributed by atoms with E-state index in [1.165, 1.54) is 23.5 Å². The number of halogens is 1. The Hall–Kier alpha value is -2.31. The van der Waals surface area contributed by atoms with Crippen LogP contribution in [-0.4, -0.2) is 24.2 Å². The largest absolute Gasteiger partial charge is 0.383 e. The normalized spacial score (nSPS) is 12.1. The van der Waals surface area contributed by atoms with Crippen molar-refractivity contribution in [3.8, 4) is 0 Å². The van der Waals surface area contributed by atoms with Crippen LogP contribution in [0.2, 0.25) is 0 Å². The van der Waals surface area contributed by atoms with Gasteiger partial charge in [0.05, 0.1) is 22.4 Å². The molecule has 25 heavy (non-hydrogen) atoms. The first-order valence-corrected chi connectivity index (χ1v) is 8.76. The molecular formula is C19H19FN2O2S.